The second-order valence-electron chi connectivity index (χ2n) is 3.92. The largest absolute Gasteiger partial charge is 0.465 e. The normalized spacial score (nSPS) is 12.6. The van der Waals surface area contributed by atoms with Gasteiger partial charge in [0.1, 0.15) is 9.77 Å². The number of carbonyl (C=O) groups is 1. The van der Waals surface area contributed by atoms with Crippen LogP contribution in [0.2, 0.25) is 0 Å². The SMILES string of the molecule is CCN[C@H](C)CNS(=O)(=O)c1ccsc1C(=O)OC.Cl. The van der Waals surface area contributed by atoms with Crippen molar-refractivity contribution in [2.75, 3.05) is 20.2 Å². The first-order valence-corrected chi connectivity index (χ1v) is 8.17. The van der Waals surface area contributed by atoms with Gasteiger partial charge in [0.2, 0.25) is 10.0 Å². The molecular weight excluding hydrogens is 324 g/mol. The van der Waals surface area contributed by atoms with E-state index in [2.05, 4.69) is 14.8 Å². The molecule has 2 N–H and O–H groups in total. The summed E-state index contributed by atoms with van der Waals surface area (Å²) in [5.41, 5.74) is 0. The third kappa shape index (κ3) is 5.02. The van der Waals surface area contributed by atoms with E-state index in [1.165, 1.54) is 13.2 Å². The summed E-state index contributed by atoms with van der Waals surface area (Å²) < 4.78 is 31.2. The predicted molar refractivity (Wildman–Crippen MR) is 81.2 cm³/mol. The maximum Gasteiger partial charge on any atom is 0.349 e. The molecule has 1 aromatic heterocycles. The molecule has 0 aliphatic carbocycles. The highest BCUT2D eigenvalue weighted by Gasteiger charge is 2.24. The van der Waals surface area contributed by atoms with Crippen LogP contribution in [0.4, 0.5) is 0 Å². The maximum absolute atomic E-state index is 12.1. The van der Waals surface area contributed by atoms with E-state index >= 15 is 0 Å². The highest BCUT2D eigenvalue weighted by atomic mass is 35.5. The molecule has 0 saturated heterocycles. The van der Waals surface area contributed by atoms with E-state index in [9.17, 15) is 13.2 Å². The number of hydrogen-bond acceptors (Lipinski definition) is 6. The van der Waals surface area contributed by atoms with Gasteiger partial charge in [0, 0.05) is 12.6 Å². The number of ether oxygens (including phenoxy) is 1. The second-order valence-corrected chi connectivity index (χ2v) is 6.57. The number of carbonyl (C=O) groups excluding carboxylic acids is 1. The molecule has 9 heteroatoms. The maximum atomic E-state index is 12.1. The van der Waals surface area contributed by atoms with E-state index in [0.29, 0.717) is 0 Å². The van der Waals surface area contributed by atoms with Gasteiger partial charge in [-0.1, -0.05) is 6.92 Å². The smallest absolute Gasteiger partial charge is 0.349 e. The van der Waals surface area contributed by atoms with E-state index in [-0.39, 0.29) is 34.8 Å². The number of rotatable bonds is 7. The van der Waals surface area contributed by atoms with Crippen molar-refractivity contribution in [1.29, 1.82) is 0 Å². The lowest BCUT2D eigenvalue weighted by molar-refractivity contribution is 0.0602. The van der Waals surface area contributed by atoms with Crippen molar-refractivity contribution in [2.24, 2.45) is 0 Å². The molecule has 0 amide bonds. The molecule has 1 heterocycles. The number of halogens is 1. The van der Waals surface area contributed by atoms with Gasteiger partial charge in [-0.15, -0.1) is 23.7 Å². The fraction of sp³-hybridized carbons (Fsp3) is 0.545. The molecule has 0 aliphatic heterocycles. The summed E-state index contributed by atoms with van der Waals surface area (Å²) in [6, 6.07) is 1.41. The van der Waals surface area contributed by atoms with Crippen LogP contribution in [0.1, 0.15) is 23.5 Å². The zero-order valence-corrected chi connectivity index (χ0v) is 14.0. The Labute approximate surface area is 129 Å². The lowest BCUT2D eigenvalue weighted by Gasteiger charge is -2.13. The Hall–Kier alpha value is -0.670. The summed E-state index contributed by atoms with van der Waals surface area (Å²) in [4.78, 5) is 11.5. The van der Waals surface area contributed by atoms with Crippen LogP contribution in [0.5, 0.6) is 0 Å². The van der Waals surface area contributed by atoms with Crippen LogP contribution in [0.15, 0.2) is 16.3 Å². The number of hydrogen-bond donors (Lipinski definition) is 2. The lowest BCUT2D eigenvalue weighted by Crippen LogP contribution is -2.39. The van der Waals surface area contributed by atoms with Crippen molar-refractivity contribution in [2.45, 2.75) is 24.8 Å². The Balaban J connectivity index is 0.00000361. The van der Waals surface area contributed by atoms with Gasteiger partial charge in [0.25, 0.3) is 0 Å². The minimum absolute atomic E-state index is 0. The highest BCUT2D eigenvalue weighted by Crippen LogP contribution is 2.22. The number of thiophene rings is 1. The van der Waals surface area contributed by atoms with Crippen molar-refractivity contribution in [3.05, 3.63) is 16.3 Å². The molecule has 0 saturated carbocycles. The molecule has 20 heavy (non-hydrogen) atoms. The second kappa shape index (κ2) is 8.58. The molecule has 0 bridgehead atoms. The summed E-state index contributed by atoms with van der Waals surface area (Å²) in [5.74, 6) is -0.643. The Morgan fingerprint density at radius 3 is 2.70 bits per heavy atom. The number of likely N-dealkylation sites (N-methyl/N-ethyl adjacent to an activating group) is 1. The molecule has 0 unspecified atom stereocenters. The van der Waals surface area contributed by atoms with Gasteiger partial charge in [-0.2, -0.15) is 0 Å². The van der Waals surface area contributed by atoms with Gasteiger partial charge in [0.05, 0.1) is 7.11 Å². The molecule has 0 radical (unpaired) electrons. The monoisotopic (exact) mass is 342 g/mol. The molecule has 0 spiro atoms. The molecule has 1 rings (SSSR count). The van der Waals surface area contributed by atoms with E-state index in [4.69, 9.17) is 0 Å². The van der Waals surface area contributed by atoms with Crippen molar-refractivity contribution >= 4 is 39.7 Å². The average Bonchev–Trinajstić information content (AvgIpc) is 2.86. The van der Waals surface area contributed by atoms with Crippen molar-refractivity contribution < 1.29 is 17.9 Å². The number of methoxy groups -OCH3 is 1. The summed E-state index contributed by atoms with van der Waals surface area (Å²) in [7, 11) is -2.48. The van der Waals surface area contributed by atoms with E-state index in [1.54, 1.807) is 5.38 Å². The summed E-state index contributed by atoms with van der Waals surface area (Å²) >= 11 is 1.04. The Morgan fingerprint density at radius 1 is 1.50 bits per heavy atom. The van der Waals surface area contributed by atoms with E-state index in [0.717, 1.165) is 17.9 Å². The van der Waals surface area contributed by atoms with Crippen LogP contribution in [0.25, 0.3) is 0 Å². The first-order valence-electron chi connectivity index (χ1n) is 5.81. The van der Waals surface area contributed by atoms with E-state index in [1.807, 2.05) is 13.8 Å². The first-order chi connectivity index (χ1) is 8.92. The number of nitrogens with one attached hydrogen (secondary N) is 2. The number of sulfonamides is 1. The Kier molecular flexibility index (Phi) is 8.29. The summed E-state index contributed by atoms with van der Waals surface area (Å²) in [6.45, 7) is 4.83. The number of esters is 1. The van der Waals surface area contributed by atoms with Crippen LogP contribution >= 0.6 is 23.7 Å². The Bertz CT molecular complexity index is 530. The van der Waals surface area contributed by atoms with Crippen LogP contribution in [0.3, 0.4) is 0 Å². The minimum Gasteiger partial charge on any atom is -0.465 e. The van der Waals surface area contributed by atoms with Gasteiger partial charge in [-0.3, -0.25) is 0 Å². The van der Waals surface area contributed by atoms with Gasteiger partial charge in [-0.25, -0.2) is 17.9 Å². The molecule has 116 valence electrons. The third-order valence-electron chi connectivity index (χ3n) is 2.42. The van der Waals surface area contributed by atoms with Crippen molar-refractivity contribution in [3.8, 4) is 0 Å². The fourth-order valence-electron chi connectivity index (χ4n) is 1.48. The van der Waals surface area contributed by atoms with Crippen LogP contribution < -0.4 is 10.0 Å². The molecule has 1 atom stereocenters. The fourth-order valence-corrected chi connectivity index (χ4v) is 3.95. The summed E-state index contributed by atoms with van der Waals surface area (Å²) in [6.07, 6.45) is 0. The summed E-state index contributed by atoms with van der Waals surface area (Å²) in [5, 5.41) is 4.65. The third-order valence-corrected chi connectivity index (χ3v) is 4.91. The lowest BCUT2D eigenvalue weighted by atomic mass is 10.3. The van der Waals surface area contributed by atoms with Crippen molar-refractivity contribution in [1.82, 2.24) is 10.0 Å². The van der Waals surface area contributed by atoms with Crippen LogP contribution in [0, 0.1) is 0 Å². The van der Waals surface area contributed by atoms with Crippen LogP contribution in [-0.4, -0.2) is 40.6 Å². The predicted octanol–water partition coefficient (Wildman–Crippen LogP) is 1.23. The average molecular weight is 343 g/mol. The molecule has 0 aromatic carbocycles. The molecule has 0 fully saturated rings. The molecule has 1 aromatic rings. The first kappa shape index (κ1) is 19.3. The minimum atomic E-state index is -3.70. The topological polar surface area (TPSA) is 84.5 Å². The molecule has 6 nitrogen and oxygen atoms in total. The van der Waals surface area contributed by atoms with E-state index < -0.39 is 16.0 Å². The van der Waals surface area contributed by atoms with Crippen molar-refractivity contribution in [3.63, 3.8) is 0 Å². The zero-order chi connectivity index (χ0) is 14.5. The zero-order valence-electron chi connectivity index (χ0n) is 11.5. The standard InChI is InChI=1S/C11H18N2O4S2.ClH/c1-4-12-8(2)7-13-19(15,16)9-5-6-18-10(9)11(14)17-3;/h5-6,8,12-13H,4,7H2,1-3H3;1H/t8-;/m1./s1. The van der Waals surface area contributed by atoms with Gasteiger partial charge in [-0.05, 0) is 24.9 Å². The quantitative estimate of drug-likeness (QED) is 0.728. The Morgan fingerprint density at radius 2 is 2.15 bits per heavy atom. The van der Waals surface area contributed by atoms with Crippen LogP contribution in [-0.2, 0) is 14.8 Å². The van der Waals surface area contributed by atoms with Gasteiger partial charge < -0.3 is 10.1 Å². The van der Waals surface area contributed by atoms with Gasteiger partial charge >= 0.3 is 5.97 Å². The van der Waals surface area contributed by atoms with Gasteiger partial charge in [0.15, 0.2) is 0 Å². The highest BCUT2D eigenvalue weighted by molar-refractivity contribution is 7.89. The molecular formula is C11H19ClN2O4S2. The molecule has 0 aliphatic rings.